The van der Waals surface area contributed by atoms with E-state index in [4.69, 9.17) is 9.47 Å². The fourth-order valence-corrected chi connectivity index (χ4v) is 3.03. The lowest BCUT2D eigenvalue weighted by Gasteiger charge is -2.19. The van der Waals surface area contributed by atoms with Crippen LogP contribution in [0.3, 0.4) is 0 Å². The number of anilines is 1. The minimum atomic E-state index is -1.02. The monoisotopic (exact) mass is 452 g/mol. The summed E-state index contributed by atoms with van der Waals surface area (Å²) >= 11 is 0. The first kappa shape index (κ1) is 25.6. The highest BCUT2D eigenvalue weighted by Gasteiger charge is 2.23. The maximum Gasteiger partial charge on any atom is 0.329 e. The first-order chi connectivity index (χ1) is 15.7. The summed E-state index contributed by atoms with van der Waals surface area (Å²) in [5, 5.41) is 5.38. The zero-order valence-electron chi connectivity index (χ0n) is 19.8. The summed E-state index contributed by atoms with van der Waals surface area (Å²) in [5.74, 6) is -0.582. The molecule has 0 heterocycles. The Kier molecular flexibility index (Phi) is 9.66. The fraction of sp³-hybridized carbons (Fsp3) is 0.346. The molecule has 0 aliphatic heterocycles. The lowest BCUT2D eigenvalue weighted by atomic mass is 9.97. The van der Waals surface area contributed by atoms with Crippen LogP contribution in [-0.4, -0.2) is 37.0 Å². The van der Waals surface area contributed by atoms with E-state index < -0.39 is 29.9 Å². The van der Waals surface area contributed by atoms with Crippen LogP contribution in [0.1, 0.15) is 51.2 Å². The highest BCUT2D eigenvalue weighted by molar-refractivity contribution is 5.97. The average molecular weight is 453 g/mol. The Bertz CT molecular complexity index is 984. The van der Waals surface area contributed by atoms with Crippen molar-refractivity contribution in [2.75, 3.05) is 12.4 Å². The number of nitrogens with one attached hydrogen (secondary N) is 2. The third kappa shape index (κ3) is 7.79. The van der Waals surface area contributed by atoms with Gasteiger partial charge in [-0.25, -0.2) is 4.79 Å². The molecule has 2 rings (SSSR count). The first-order valence-corrected chi connectivity index (χ1v) is 11.0. The van der Waals surface area contributed by atoms with Crippen molar-refractivity contribution in [1.29, 1.82) is 0 Å². The van der Waals surface area contributed by atoms with E-state index in [0.29, 0.717) is 5.69 Å². The Labute approximate surface area is 195 Å². The van der Waals surface area contributed by atoms with Crippen molar-refractivity contribution in [2.45, 2.75) is 52.2 Å². The number of para-hydroxylation sites is 1. The number of carbonyl (C=O) groups excluding carboxylic acids is 3. The quantitative estimate of drug-likeness (QED) is 0.414. The average Bonchev–Trinajstić information content (AvgIpc) is 2.82. The van der Waals surface area contributed by atoms with Crippen LogP contribution in [-0.2, 0) is 19.1 Å². The van der Waals surface area contributed by atoms with Crippen LogP contribution >= 0.6 is 0 Å². The van der Waals surface area contributed by atoms with Gasteiger partial charge >= 0.3 is 5.97 Å². The summed E-state index contributed by atoms with van der Waals surface area (Å²) in [6, 6.07) is 13.8. The van der Waals surface area contributed by atoms with E-state index >= 15 is 0 Å². The van der Waals surface area contributed by atoms with Gasteiger partial charge in [0.1, 0.15) is 11.8 Å². The molecule has 0 saturated carbocycles. The number of methoxy groups -OCH3 is 1. The molecule has 0 radical (unpaired) electrons. The van der Waals surface area contributed by atoms with Crippen molar-refractivity contribution in [1.82, 2.24) is 5.32 Å². The smallest absolute Gasteiger partial charge is 0.329 e. The van der Waals surface area contributed by atoms with E-state index in [9.17, 15) is 14.4 Å². The third-order valence-electron chi connectivity index (χ3n) is 5.28. The highest BCUT2D eigenvalue weighted by Crippen LogP contribution is 2.26. The number of benzene rings is 2. The van der Waals surface area contributed by atoms with E-state index in [1.54, 1.807) is 37.5 Å². The van der Waals surface area contributed by atoms with Gasteiger partial charge in [-0.3, -0.25) is 9.59 Å². The molecule has 0 fully saturated rings. The number of rotatable bonds is 10. The van der Waals surface area contributed by atoms with Gasteiger partial charge in [0, 0.05) is 11.8 Å². The molecule has 0 saturated heterocycles. The largest absolute Gasteiger partial charge is 0.497 e. The van der Waals surface area contributed by atoms with Crippen LogP contribution in [0.5, 0.6) is 5.75 Å². The topological polar surface area (TPSA) is 93.7 Å². The Hall–Kier alpha value is -3.61. The van der Waals surface area contributed by atoms with E-state index in [1.165, 1.54) is 19.9 Å². The summed E-state index contributed by atoms with van der Waals surface area (Å²) in [7, 11) is 1.58. The molecule has 176 valence electrons. The van der Waals surface area contributed by atoms with E-state index in [1.807, 2.05) is 24.3 Å². The Morgan fingerprint density at radius 3 is 2.30 bits per heavy atom. The van der Waals surface area contributed by atoms with E-state index in [2.05, 4.69) is 24.5 Å². The summed E-state index contributed by atoms with van der Waals surface area (Å²) in [4.78, 5) is 37.1. The molecule has 0 aliphatic carbocycles. The molecule has 2 aromatic carbocycles. The molecule has 2 N–H and O–H groups in total. The summed E-state index contributed by atoms with van der Waals surface area (Å²) in [6.45, 7) is 7.17. The summed E-state index contributed by atoms with van der Waals surface area (Å²) < 4.78 is 10.4. The molecule has 3 atom stereocenters. The zero-order chi connectivity index (χ0) is 24.4. The number of hydrogen-bond acceptors (Lipinski definition) is 5. The summed E-state index contributed by atoms with van der Waals surface area (Å²) in [6.07, 6.45) is 2.86. The van der Waals surface area contributed by atoms with Crippen molar-refractivity contribution in [3.63, 3.8) is 0 Å². The van der Waals surface area contributed by atoms with Crippen molar-refractivity contribution in [2.24, 2.45) is 0 Å². The van der Waals surface area contributed by atoms with Crippen molar-refractivity contribution in [3.8, 4) is 5.75 Å². The third-order valence-corrected chi connectivity index (χ3v) is 5.28. The molecule has 0 aliphatic rings. The zero-order valence-corrected chi connectivity index (χ0v) is 19.8. The number of esters is 1. The Morgan fingerprint density at radius 1 is 1.00 bits per heavy atom. The SMILES string of the molecule is CCC(C)c1ccccc1NC(=O)C(C)OC(=O)C(C)NC(=O)C=Cc1ccc(OC)cc1. The first-order valence-electron chi connectivity index (χ1n) is 11.0. The second kappa shape index (κ2) is 12.4. The molecule has 3 unspecified atom stereocenters. The van der Waals surface area contributed by atoms with Crippen LogP contribution in [0.15, 0.2) is 54.6 Å². The van der Waals surface area contributed by atoms with Crippen LogP contribution in [0.25, 0.3) is 6.08 Å². The lowest BCUT2D eigenvalue weighted by Crippen LogP contribution is -2.41. The van der Waals surface area contributed by atoms with Crippen molar-refractivity contribution >= 4 is 29.5 Å². The fourth-order valence-electron chi connectivity index (χ4n) is 3.03. The van der Waals surface area contributed by atoms with Crippen molar-refractivity contribution in [3.05, 3.63) is 65.7 Å². The normalized spacial score (nSPS) is 13.6. The standard InChI is InChI=1S/C26H32N2O5/c1-6-17(2)22-9-7-8-10-23(22)28-25(30)19(4)33-26(31)18(3)27-24(29)16-13-20-11-14-21(32-5)15-12-20/h7-19H,6H2,1-5H3,(H,27,29)(H,28,30). The van der Waals surface area contributed by atoms with Gasteiger partial charge in [-0.05, 0) is 61.6 Å². The molecule has 0 spiro atoms. The molecule has 7 nitrogen and oxygen atoms in total. The molecule has 0 aromatic heterocycles. The van der Waals surface area contributed by atoms with E-state index in [0.717, 1.165) is 23.3 Å². The molecule has 7 heteroatoms. The number of ether oxygens (including phenoxy) is 2. The molecule has 33 heavy (non-hydrogen) atoms. The molecule has 2 aromatic rings. The maximum atomic E-state index is 12.6. The number of carbonyl (C=O) groups is 3. The Balaban J connectivity index is 1.88. The molecular formula is C26H32N2O5. The maximum absolute atomic E-state index is 12.6. The van der Waals surface area contributed by atoms with Gasteiger partial charge in [0.15, 0.2) is 6.10 Å². The van der Waals surface area contributed by atoms with Crippen LogP contribution in [0, 0.1) is 0 Å². The van der Waals surface area contributed by atoms with Gasteiger partial charge < -0.3 is 20.1 Å². The van der Waals surface area contributed by atoms with Gasteiger partial charge in [-0.1, -0.05) is 44.2 Å². The molecule has 2 amide bonds. The predicted octanol–water partition coefficient (Wildman–Crippen LogP) is 4.30. The van der Waals surface area contributed by atoms with Crippen LogP contribution in [0.2, 0.25) is 0 Å². The van der Waals surface area contributed by atoms with Gasteiger partial charge in [0.2, 0.25) is 5.91 Å². The van der Waals surface area contributed by atoms with Gasteiger partial charge in [0.05, 0.1) is 7.11 Å². The molecule has 0 bridgehead atoms. The van der Waals surface area contributed by atoms with Gasteiger partial charge in [0.25, 0.3) is 5.91 Å². The minimum Gasteiger partial charge on any atom is -0.497 e. The summed E-state index contributed by atoms with van der Waals surface area (Å²) in [5.41, 5.74) is 2.53. The van der Waals surface area contributed by atoms with Crippen LogP contribution in [0.4, 0.5) is 5.69 Å². The number of hydrogen-bond donors (Lipinski definition) is 2. The Morgan fingerprint density at radius 2 is 1.67 bits per heavy atom. The second-order valence-electron chi connectivity index (χ2n) is 7.80. The van der Waals surface area contributed by atoms with Gasteiger partial charge in [-0.15, -0.1) is 0 Å². The lowest BCUT2D eigenvalue weighted by molar-refractivity contribution is -0.155. The predicted molar refractivity (Wildman–Crippen MR) is 129 cm³/mol. The van der Waals surface area contributed by atoms with E-state index in [-0.39, 0.29) is 5.92 Å². The van der Waals surface area contributed by atoms with Crippen LogP contribution < -0.4 is 15.4 Å². The molecular weight excluding hydrogens is 420 g/mol. The van der Waals surface area contributed by atoms with Crippen molar-refractivity contribution < 1.29 is 23.9 Å². The highest BCUT2D eigenvalue weighted by atomic mass is 16.5. The number of amides is 2. The minimum absolute atomic E-state index is 0.278. The second-order valence-corrected chi connectivity index (χ2v) is 7.80. The van der Waals surface area contributed by atoms with Gasteiger partial charge in [-0.2, -0.15) is 0 Å².